The van der Waals surface area contributed by atoms with Crippen molar-refractivity contribution in [3.05, 3.63) is 50.8 Å². The van der Waals surface area contributed by atoms with Crippen LogP contribution in [-0.4, -0.2) is 20.7 Å². The molecule has 2 heterocycles. The zero-order valence-electron chi connectivity index (χ0n) is 17.8. The van der Waals surface area contributed by atoms with Crippen molar-refractivity contribution in [1.29, 1.82) is 0 Å². The minimum Gasteiger partial charge on any atom is -0.299 e. The number of carbonyl (C=O) groups is 1. The number of rotatable bonds is 5. The van der Waals surface area contributed by atoms with Gasteiger partial charge in [-0.15, -0.1) is 10.2 Å². The summed E-state index contributed by atoms with van der Waals surface area (Å²) >= 11 is 1.46. The summed E-state index contributed by atoms with van der Waals surface area (Å²) in [5, 5.41) is 14.0. The lowest BCUT2D eigenvalue weighted by molar-refractivity contribution is -0.119. The van der Waals surface area contributed by atoms with Gasteiger partial charge in [-0.2, -0.15) is 0 Å². The Hall–Kier alpha value is -2.54. The lowest BCUT2D eigenvalue weighted by Gasteiger charge is -2.21. The number of para-hydroxylation sites is 1. The summed E-state index contributed by atoms with van der Waals surface area (Å²) in [7, 11) is 0. The Labute approximate surface area is 180 Å². The van der Waals surface area contributed by atoms with Gasteiger partial charge < -0.3 is 0 Å². The number of carbonyl (C=O) groups excluding carboxylic acids is 1. The summed E-state index contributed by atoms with van der Waals surface area (Å²) < 4.78 is 1.64. The van der Waals surface area contributed by atoms with Gasteiger partial charge in [-0.05, 0) is 44.2 Å². The first-order valence-corrected chi connectivity index (χ1v) is 11.6. The number of amides is 1. The van der Waals surface area contributed by atoms with Gasteiger partial charge in [-0.3, -0.25) is 19.5 Å². The fraction of sp³-hybridized carbons (Fsp3) is 0.478. The number of hydrogen-bond acceptors (Lipinski definition) is 5. The second-order valence-electron chi connectivity index (χ2n) is 8.20. The number of anilines is 1. The fourth-order valence-electron chi connectivity index (χ4n) is 4.52. The first-order valence-electron chi connectivity index (χ1n) is 10.7. The van der Waals surface area contributed by atoms with E-state index in [1.165, 1.54) is 30.6 Å². The minimum atomic E-state index is -0.608. The van der Waals surface area contributed by atoms with Crippen LogP contribution in [0.25, 0.3) is 10.9 Å². The van der Waals surface area contributed by atoms with E-state index in [9.17, 15) is 9.59 Å². The van der Waals surface area contributed by atoms with Crippen molar-refractivity contribution in [3.8, 4) is 0 Å². The smallest absolute Gasteiger partial charge is 0.252 e. The summed E-state index contributed by atoms with van der Waals surface area (Å²) in [6, 6.07) is 6.96. The number of fused-ring (bicyclic) bond motifs is 1. The fourth-order valence-corrected chi connectivity index (χ4v) is 5.44. The van der Waals surface area contributed by atoms with Gasteiger partial charge in [0, 0.05) is 17.4 Å². The number of aromatic nitrogens is 3. The van der Waals surface area contributed by atoms with Gasteiger partial charge in [-0.25, -0.2) is 0 Å². The molecule has 6 nitrogen and oxygen atoms in total. The highest BCUT2D eigenvalue weighted by molar-refractivity contribution is 7.15. The molecule has 1 N–H and O–H groups in total. The number of aryl methyl sites for hydroxylation is 2. The molecule has 158 valence electrons. The number of hydrogen-bond donors (Lipinski definition) is 1. The van der Waals surface area contributed by atoms with Crippen LogP contribution < -0.4 is 10.9 Å². The second-order valence-corrected chi connectivity index (χ2v) is 9.21. The Bertz CT molecular complexity index is 1130. The maximum Gasteiger partial charge on any atom is 0.252 e. The molecule has 3 aromatic rings. The Balaban J connectivity index is 1.64. The first-order chi connectivity index (χ1) is 14.5. The quantitative estimate of drug-likeness (QED) is 0.618. The third kappa shape index (κ3) is 3.90. The van der Waals surface area contributed by atoms with Crippen LogP contribution >= 0.6 is 11.3 Å². The van der Waals surface area contributed by atoms with Gasteiger partial charge >= 0.3 is 0 Å². The van der Waals surface area contributed by atoms with Gasteiger partial charge in [0.05, 0.1) is 5.52 Å². The summed E-state index contributed by atoms with van der Waals surface area (Å²) in [6.45, 7) is 5.83. The molecule has 0 radical (unpaired) electrons. The average molecular weight is 425 g/mol. The molecule has 1 aromatic carbocycles. The SMILES string of the molecule is CCC(C(=O)Nc1nnc(C2CCCCC2)s1)n1c(=O)cc(C)c2cccc(C)c21. The summed E-state index contributed by atoms with van der Waals surface area (Å²) in [4.78, 5) is 26.1. The predicted octanol–water partition coefficient (Wildman–Crippen LogP) is 5.11. The lowest BCUT2D eigenvalue weighted by atomic mass is 9.90. The Morgan fingerprint density at radius 2 is 1.97 bits per heavy atom. The van der Waals surface area contributed by atoms with E-state index in [4.69, 9.17) is 0 Å². The number of nitrogens with zero attached hydrogens (tertiary/aromatic N) is 3. The molecule has 0 bridgehead atoms. The Morgan fingerprint density at radius 1 is 1.20 bits per heavy atom. The molecular formula is C23H28N4O2S. The van der Waals surface area contributed by atoms with Crippen LogP contribution in [0.15, 0.2) is 29.1 Å². The normalized spacial score (nSPS) is 16.0. The zero-order chi connectivity index (χ0) is 21.3. The maximum atomic E-state index is 13.2. The largest absolute Gasteiger partial charge is 0.299 e. The van der Waals surface area contributed by atoms with E-state index in [-0.39, 0.29) is 11.5 Å². The topological polar surface area (TPSA) is 76.9 Å². The summed E-state index contributed by atoms with van der Waals surface area (Å²) in [5.41, 5.74) is 2.57. The van der Waals surface area contributed by atoms with Gasteiger partial charge in [0.2, 0.25) is 11.0 Å². The second kappa shape index (κ2) is 8.68. The van der Waals surface area contributed by atoms with Crippen molar-refractivity contribution in [1.82, 2.24) is 14.8 Å². The van der Waals surface area contributed by atoms with Crippen molar-refractivity contribution in [3.63, 3.8) is 0 Å². The maximum absolute atomic E-state index is 13.2. The molecule has 7 heteroatoms. The molecule has 1 aliphatic rings. The van der Waals surface area contributed by atoms with E-state index in [2.05, 4.69) is 15.5 Å². The van der Waals surface area contributed by atoms with Gasteiger partial charge in [0.15, 0.2) is 0 Å². The van der Waals surface area contributed by atoms with Crippen molar-refractivity contribution < 1.29 is 4.79 Å². The predicted molar refractivity (Wildman–Crippen MR) is 121 cm³/mol. The van der Waals surface area contributed by atoms with Crippen molar-refractivity contribution >= 4 is 33.3 Å². The van der Waals surface area contributed by atoms with Gasteiger partial charge in [0.25, 0.3) is 5.56 Å². The Kier molecular flexibility index (Phi) is 5.99. The summed E-state index contributed by atoms with van der Waals surface area (Å²) in [5.74, 6) is 0.231. The highest BCUT2D eigenvalue weighted by Crippen LogP contribution is 2.35. The highest BCUT2D eigenvalue weighted by atomic mass is 32.1. The minimum absolute atomic E-state index is 0.156. The molecule has 0 aliphatic heterocycles. The van der Waals surface area contributed by atoms with Crippen molar-refractivity contribution in [2.45, 2.75) is 71.3 Å². The van der Waals surface area contributed by atoms with Crippen LogP contribution in [0.5, 0.6) is 0 Å². The molecule has 4 rings (SSSR count). The zero-order valence-corrected chi connectivity index (χ0v) is 18.6. The lowest BCUT2D eigenvalue weighted by Crippen LogP contribution is -2.33. The number of pyridine rings is 1. The number of nitrogens with one attached hydrogen (secondary N) is 1. The average Bonchev–Trinajstić information content (AvgIpc) is 3.20. The van der Waals surface area contributed by atoms with E-state index in [0.717, 1.165) is 39.9 Å². The molecule has 0 saturated heterocycles. The Morgan fingerprint density at radius 3 is 2.70 bits per heavy atom. The standard InChI is InChI=1S/C23H28N4O2S/c1-4-18(27-19(28)13-15(3)17-12-8-9-14(2)20(17)27)21(29)24-23-26-25-22(30-23)16-10-6-5-7-11-16/h8-9,12-13,16,18H,4-7,10-11H2,1-3H3,(H,24,26,29). The molecular weight excluding hydrogens is 396 g/mol. The van der Waals surface area contributed by atoms with Crippen LogP contribution in [-0.2, 0) is 4.79 Å². The molecule has 0 spiro atoms. The highest BCUT2D eigenvalue weighted by Gasteiger charge is 2.25. The summed E-state index contributed by atoms with van der Waals surface area (Å²) in [6.07, 6.45) is 6.54. The molecule has 2 aromatic heterocycles. The molecule has 30 heavy (non-hydrogen) atoms. The number of benzene rings is 1. The monoisotopic (exact) mass is 424 g/mol. The van der Waals surface area contributed by atoms with Crippen LogP contribution in [0.1, 0.15) is 73.5 Å². The first kappa shape index (κ1) is 20.7. The van der Waals surface area contributed by atoms with Gasteiger partial charge in [-0.1, -0.05) is 55.7 Å². The molecule has 1 fully saturated rings. The van der Waals surface area contributed by atoms with Crippen LogP contribution in [0.2, 0.25) is 0 Å². The molecule has 1 amide bonds. The van der Waals surface area contributed by atoms with Crippen LogP contribution in [0.4, 0.5) is 5.13 Å². The van der Waals surface area contributed by atoms with E-state index in [1.54, 1.807) is 10.6 Å². The van der Waals surface area contributed by atoms with Crippen molar-refractivity contribution in [2.75, 3.05) is 5.32 Å². The van der Waals surface area contributed by atoms with E-state index in [0.29, 0.717) is 17.5 Å². The molecule has 1 unspecified atom stereocenters. The molecule has 1 saturated carbocycles. The van der Waals surface area contributed by atoms with Gasteiger partial charge in [0.1, 0.15) is 11.0 Å². The molecule has 1 aliphatic carbocycles. The third-order valence-electron chi connectivity index (χ3n) is 6.11. The van der Waals surface area contributed by atoms with E-state index < -0.39 is 6.04 Å². The third-order valence-corrected chi connectivity index (χ3v) is 7.11. The van der Waals surface area contributed by atoms with Crippen LogP contribution in [0, 0.1) is 13.8 Å². The molecule has 1 atom stereocenters. The van der Waals surface area contributed by atoms with E-state index >= 15 is 0 Å². The van der Waals surface area contributed by atoms with E-state index in [1.807, 2.05) is 39.0 Å². The van der Waals surface area contributed by atoms with Crippen molar-refractivity contribution in [2.24, 2.45) is 0 Å². The van der Waals surface area contributed by atoms with Crippen LogP contribution in [0.3, 0.4) is 0 Å².